The van der Waals surface area contributed by atoms with Crippen molar-refractivity contribution in [3.05, 3.63) is 105 Å². The minimum Gasteiger partial charge on any atom is -0.483 e. The number of H-pyrrole nitrogens is 1. The van der Waals surface area contributed by atoms with Crippen molar-refractivity contribution in [2.75, 3.05) is 0 Å². The smallest absolute Gasteiger partial charge is 0.268 e. The standard InChI is InChI=1S/C24H17F2N3O3/c1-11-12(6-7-14(25)21(11)26)19-13-4-2-3-5-18(13)32-23(19)16-10-17(30)20-15(29-16)8-9-28-22(20)24(27)31/h2-10,19,23H,1H3,(H2,27,31)(H,29,30)/t19-,23+/m1/s1. The van der Waals surface area contributed by atoms with Crippen molar-refractivity contribution < 1.29 is 18.3 Å². The Labute approximate surface area is 180 Å². The molecule has 1 aliphatic rings. The lowest BCUT2D eigenvalue weighted by Gasteiger charge is -2.22. The largest absolute Gasteiger partial charge is 0.483 e. The zero-order valence-electron chi connectivity index (χ0n) is 16.9. The van der Waals surface area contributed by atoms with Crippen LogP contribution in [-0.4, -0.2) is 15.9 Å². The number of nitrogens with two attached hydrogens (primary N) is 1. The number of benzene rings is 2. The minimum atomic E-state index is -0.930. The number of nitrogens with zero attached hydrogens (tertiary/aromatic N) is 1. The van der Waals surface area contributed by atoms with Crippen LogP contribution in [0.2, 0.25) is 0 Å². The molecule has 0 radical (unpaired) electrons. The molecule has 3 N–H and O–H groups in total. The maximum atomic E-state index is 14.4. The summed E-state index contributed by atoms with van der Waals surface area (Å²) < 4.78 is 34.4. The number of carbonyl (C=O) groups is 1. The molecule has 1 aliphatic heterocycles. The van der Waals surface area contributed by atoms with Gasteiger partial charge in [0.1, 0.15) is 17.5 Å². The topological polar surface area (TPSA) is 98.1 Å². The molecule has 6 nitrogen and oxygen atoms in total. The van der Waals surface area contributed by atoms with Gasteiger partial charge in [-0.15, -0.1) is 0 Å². The molecule has 0 saturated heterocycles. The Morgan fingerprint density at radius 3 is 2.69 bits per heavy atom. The molecule has 160 valence electrons. The highest BCUT2D eigenvalue weighted by Gasteiger charge is 2.39. The maximum Gasteiger partial charge on any atom is 0.268 e. The number of fused-ring (bicyclic) bond motifs is 2. The first-order valence-electron chi connectivity index (χ1n) is 9.88. The monoisotopic (exact) mass is 433 g/mol. The Morgan fingerprint density at radius 1 is 1.12 bits per heavy atom. The van der Waals surface area contributed by atoms with Gasteiger partial charge in [0, 0.05) is 17.8 Å². The molecule has 0 aliphatic carbocycles. The summed E-state index contributed by atoms with van der Waals surface area (Å²) in [5.41, 5.74) is 7.10. The molecule has 1 amide bonds. The summed E-state index contributed by atoms with van der Waals surface area (Å²) in [5, 5.41) is 0.0832. The van der Waals surface area contributed by atoms with Crippen molar-refractivity contribution >= 4 is 16.8 Å². The molecule has 8 heteroatoms. The average Bonchev–Trinajstić information content (AvgIpc) is 3.16. The van der Waals surface area contributed by atoms with Crippen LogP contribution in [0.25, 0.3) is 10.9 Å². The van der Waals surface area contributed by atoms with Crippen LogP contribution in [0.3, 0.4) is 0 Å². The third-order valence-corrected chi connectivity index (χ3v) is 5.83. The molecular formula is C24H17F2N3O3. The summed E-state index contributed by atoms with van der Waals surface area (Å²) in [7, 11) is 0. The lowest BCUT2D eigenvalue weighted by atomic mass is 9.84. The van der Waals surface area contributed by atoms with Crippen molar-refractivity contribution in [1.82, 2.24) is 9.97 Å². The van der Waals surface area contributed by atoms with E-state index in [4.69, 9.17) is 10.5 Å². The van der Waals surface area contributed by atoms with Gasteiger partial charge < -0.3 is 15.5 Å². The Bertz CT molecular complexity index is 1470. The second-order valence-electron chi connectivity index (χ2n) is 7.66. The number of rotatable bonds is 3. The van der Waals surface area contributed by atoms with Gasteiger partial charge in [-0.2, -0.15) is 0 Å². The lowest BCUT2D eigenvalue weighted by Crippen LogP contribution is -2.20. The Balaban J connectivity index is 1.72. The number of hydrogen-bond acceptors (Lipinski definition) is 4. The van der Waals surface area contributed by atoms with Gasteiger partial charge in [0.15, 0.2) is 17.1 Å². The van der Waals surface area contributed by atoms with Crippen LogP contribution in [0, 0.1) is 18.6 Å². The molecule has 0 fully saturated rings. The summed E-state index contributed by atoms with van der Waals surface area (Å²) in [6.45, 7) is 1.51. The Hall–Kier alpha value is -4.07. The highest BCUT2D eigenvalue weighted by molar-refractivity contribution is 6.03. The number of pyridine rings is 2. The maximum absolute atomic E-state index is 14.4. The fourth-order valence-electron chi connectivity index (χ4n) is 4.35. The Kier molecular flexibility index (Phi) is 4.51. The van der Waals surface area contributed by atoms with Crippen molar-refractivity contribution in [1.29, 1.82) is 0 Å². The molecule has 5 rings (SSSR count). The Morgan fingerprint density at radius 2 is 1.91 bits per heavy atom. The van der Waals surface area contributed by atoms with Gasteiger partial charge in [0.2, 0.25) is 0 Å². The van der Waals surface area contributed by atoms with Crippen LogP contribution in [-0.2, 0) is 0 Å². The van der Waals surface area contributed by atoms with Crippen molar-refractivity contribution in [2.24, 2.45) is 5.73 Å². The van der Waals surface area contributed by atoms with E-state index < -0.39 is 35.0 Å². The minimum absolute atomic E-state index is 0.0832. The van der Waals surface area contributed by atoms with Crippen molar-refractivity contribution in [2.45, 2.75) is 18.9 Å². The van der Waals surface area contributed by atoms with Gasteiger partial charge in [-0.1, -0.05) is 24.3 Å². The molecule has 0 saturated carbocycles. The van der Waals surface area contributed by atoms with Gasteiger partial charge in [-0.05, 0) is 36.2 Å². The van der Waals surface area contributed by atoms with Crippen LogP contribution < -0.4 is 15.9 Å². The number of aromatic nitrogens is 2. The predicted molar refractivity (Wildman–Crippen MR) is 114 cm³/mol. The number of amides is 1. The lowest BCUT2D eigenvalue weighted by molar-refractivity contribution is 0.0997. The van der Waals surface area contributed by atoms with E-state index in [0.717, 1.165) is 11.6 Å². The molecule has 2 atom stereocenters. The van der Waals surface area contributed by atoms with E-state index in [2.05, 4.69) is 9.97 Å². The van der Waals surface area contributed by atoms with E-state index >= 15 is 0 Å². The summed E-state index contributed by atoms with van der Waals surface area (Å²) >= 11 is 0. The molecule has 0 spiro atoms. The number of para-hydroxylation sites is 1. The van der Waals surface area contributed by atoms with Gasteiger partial charge in [0.05, 0.1) is 22.5 Å². The first-order chi connectivity index (χ1) is 15.4. The second-order valence-corrected chi connectivity index (χ2v) is 7.66. The number of hydrogen-bond donors (Lipinski definition) is 2. The predicted octanol–water partition coefficient (Wildman–Crippen LogP) is 3.87. The van der Waals surface area contributed by atoms with E-state index in [1.54, 1.807) is 12.1 Å². The fourth-order valence-corrected chi connectivity index (χ4v) is 4.35. The number of halogens is 2. The quantitative estimate of drug-likeness (QED) is 0.512. The van der Waals surface area contributed by atoms with E-state index in [9.17, 15) is 18.4 Å². The molecule has 0 bridgehead atoms. The first-order valence-corrected chi connectivity index (χ1v) is 9.88. The zero-order valence-corrected chi connectivity index (χ0v) is 16.9. The molecule has 32 heavy (non-hydrogen) atoms. The fraction of sp³-hybridized carbons (Fsp3) is 0.125. The number of carbonyl (C=O) groups excluding carboxylic acids is 1. The average molecular weight is 433 g/mol. The van der Waals surface area contributed by atoms with Gasteiger partial charge in [0.25, 0.3) is 5.91 Å². The number of aromatic amines is 1. The summed E-state index contributed by atoms with van der Waals surface area (Å²) in [6.07, 6.45) is 0.668. The van der Waals surface area contributed by atoms with E-state index in [1.165, 1.54) is 25.3 Å². The van der Waals surface area contributed by atoms with Gasteiger partial charge in [-0.3, -0.25) is 14.6 Å². The summed E-state index contributed by atoms with van der Waals surface area (Å²) in [6, 6.07) is 12.8. The number of primary amides is 1. The molecule has 3 heterocycles. The SMILES string of the molecule is Cc1c([C@@H]2c3ccccc3O[C@H]2c2cc(=O)c3c(C(N)=O)nccc3[nH]2)ccc(F)c1F. The number of nitrogens with one attached hydrogen (secondary N) is 1. The molecule has 0 unspecified atom stereocenters. The normalized spacial score (nSPS) is 17.2. The van der Waals surface area contributed by atoms with E-state index in [0.29, 0.717) is 22.5 Å². The van der Waals surface area contributed by atoms with Gasteiger partial charge in [-0.25, -0.2) is 8.78 Å². The van der Waals surface area contributed by atoms with Crippen molar-refractivity contribution in [3.8, 4) is 5.75 Å². The van der Waals surface area contributed by atoms with E-state index in [1.807, 2.05) is 18.2 Å². The van der Waals surface area contributed by atoms with Crippen LogP contribution in [0.5, 0.6) is 5.75 Å². The molecular weight excluding hydrogens is 416 g/mol. The van der Waals surface area contributed by atoms with Crippen LogP contribution in [0.4, 0.5) is 8.78 Å². The number of ether oxygens (including phenoxy) is 1. The summed E-state index contributed by atoms with van der Waals surface area (Å²) in [5.74, 6) is -2.57. The van der Waals surface area contributed by atoms with Crippen LogP contribution in [0.15, 0.2) is 59.5 Å². The zero-order chi connectivity index (χ0) is 22.6. The van der Waals surface area contributed by atoms with E-state index in [-0.39, 0.29) is 16.6 Å². The molecule has 4 aromatic rings. The van der Waals surface area contributed by atoms with Crippen LogP contribution in [0.1, 0.15) is 44.9 Å². The van der Waals surface area contributed by atoms with Crippen molar-refractivity contribution in [3.63, 3.8) is 0 Å². The third-order valence-electron chi connectivity index (χ3n) is 5.83. The van der Waals surface area contributed by atoms with Gasteiger partial charge >= 0.3 is 0 Å². The molecule has 2 aromatic carbocycles. The third kappa shape index (κ3) is 2.95. The second kappa shape index (κ2) is 7.26. The molecule has 2 aromatic heterocycles. The summed E-state index contributed by atoms with van der Waals surface area (Å²) in [4.78, 5) is 31.7. The first kappa shape index (κ1) is 19.9. The van der Waals surface area contributed by atoms with Crippen LogP contribution >= 0.6 is 0 Å². The highest BCUT2D eigenvalue weighted by atomic mass is 19.2. The highest BCUT2D eigenvalue weighted by Crippen LogP contribution is 2.49.